The topological polar surface area (TPSA) is 76.1 Å². The van der Waals surface area contributed by atoms with Crippen LogP contribution in [0.1, 0.15) is 10.8 Å². The number of rotatable bonds is 5. The highest BCUT2D eigenvalue weighted by atomic mass is 35.5. The van der Waals surface area contributed by atoms with E-state index in [9.17, 15) is 13.2 Å². The van der Waals surface area contributed by atoms with Gasteiger partial charge in [-0.25, -0.2) is 13.4 Å². The molecule has 0 aliphatic rings. The van der Waals surface area contributed by atoms with Gasteiger partial charge in [0, 0.05) is 5.02 Å². The predicted molar refractivity (Wildman–Crippen MR) is 103 cm³/mol. The molecular weight excluding hydrogens is 400 g/mol. The number of aromatic nitrogens is 1. The Hall–Kier alpha value is -1.61. The lowest BCUT2D eigenvalue weighted by Crippen LogP contribution is -2.32. The summed E-state index contributed by atoms with van der Waals surface area (Å²) >= 11 is 8.62. The van der Waals surface area contributed by atoms with Crippen molar-refractivity contribution >= 4 is 60.8 Å². The van der Waals surface area contributed by atoms with Crippen LogP contribution in [-0.4, -0.2) is 25.6 Å². The fraction of sp³-hybridized carbons (Fsp3) is 0.125. The fourth-order valence-electron chi connectivity index (χ4n) is 2.17. The fourth-order valence-corrected chi connectivity index (χ4v) is 5.13. The van der Waals surface area contributed by atoms with E-state index < -0.39 is 21.2 Å². The van der Waals surface area contributed by atoms with E-state index in [-0.39, 0.29) is 0 Å². The highest BCUT2D eigenvalue weighted by Gasteiger charge is 2.25. The zero-order chi connectivity index (χ0) is 18.0. The van der Waals surface area contributed by atoms with Crippen molar-refractivity contribution in [3.8, 4) is 0 Å². The SMILES string of the molecule is CS(=O)(=O)NC(=O)C(Sc1nc2cc(Cl)ccc2s1)c1ccccc1. The van der Waals surface area contributed by atoms with E-state index in [0.29, 0.717) is 14.9 Å². The van der Waals surface area contributed by atoms with Crippen LogP contribution in [0.25, 0.3) is 10.2 Å². The molecule has 0 aliphatic carbocycles. The molecule has 0 fully saturated rings. The Morgan fingerprint density at radius 3 is 2.64 bits per heavy atom. The molecule has 0 aliphatic heterocycles. The molecule has 2 aromatic carbocycles. The molecule has 5 nitrogen and oxygen atoms in total. The van der Waals surface area contributed by atoms with E-state index in [1.54, 1.807) is 36.4 Å². The minimum absolute atomic E-state index is 0.587. The van der Waals surface area contributed by atoms with Crippen LogP contribution in [0.3, 0.4) is 0 Å². The Morgan fingerprint density at radius 2 is 1.96 bits per heavy atom. The Kier molecular flexibility index (Phi) is 5.33. The van der Waals surface area contributed by atoms with Crippen molar-refractivity contribution in [1.29, 1.82) is 0 Å². The minimum atomic E-state index is -3.65. The lowest BCUT2D eigenvalue weighted by molar-refractivity contribution is -0.118. The number of nitrogens with zero attached hydrogens (tertiary/aromatic N) is 1. The maximum absolute atomic E-state index is 12.5. The lowest BCUT2D eigenvalue weighted by Gasteiger charge is -2.14. The van der Waals surface area contributed by atoms with E-state index in [4.69, 9.17) is 11.6 Å². The summed E-state index contributed by atoms with van der Waals surface area (Å²) in [5.41, 5.74) is 1.45. The van der Waals surface area contributed by atoms with Crippen molar-refractivity contribution < 1.29 is 13.2 Å². The molecule has 0 saturated carbocycles. The lowest BCUT2D eigenvalue weighted by atomic mass is 10.1. The van der Waals surface area contributed by atoms with Gasteiger partial charge < -0.3 is 0 Å². The molecule has 1 N–H and O–H groups in total. The third-order valence-electron chi connectivity index (χ3n) is 3.18. The molecule has 0 spiro atoms. The molecule has 1 unspecified atom stereocenters. The van der Waals surface area contributed by atoms with Gasteiger partial charge in [0.15, 0.2) is 4.34 Å². The summed E-state index contributed by atoms with van der Waals surface area (Å²) in [6, 6.07) is 14.4. The van der Waals surface area contributed by atoms with E-state index >= 15 is 0 Å². The first-order valence-electron chi connectivity index (χ1n) is 7.11. The van der Waals surface area contributed by atoms with Crippen LogP contribution in [0, 0.1) is 0 Å². The third-order valence-corrected chi connectivity index (χ3v) is 6.37. The molecular formula is C16H13ClN2O3S3. The van der Waals surface area contributed by atoms with Crippen LogP contribution < -0.4 is 4.72 Å². The number of fused-ring (bicyclic) bond motifs is 1. The Bertz CT molecular complexity index is 1020. The Balaban J connectivity index is 1.94. The van der Waals surface area contributed by atoms with Gasteiger partial charge in [0.2, 0.25) is 10.0 Å². The van der Waals surface area contributed by atoms with Crippen molar-refractivity contribution in [1.82, 2.24) is 9.71 Å². The quantitative estimate of drug-likeness (QED) is 0.644. The number of carbonyl (C=O) groups is 1. The van der Waals surface area contributed by atoms with Gasteiger partial charge in [0.25, 0.3) is 5.91 Å². The number of nitrogens with one attached hydrogen (secondary N) is 1. The average Bonchev–Trinajstić information content (AvgIpc) is 2.93. The predicted octanol–water partition coefficient (Wildman–Crippen LogP) is 3.86. The number of sulfonamides is 1. The standard InChI is InChI=1S/C16H13ClN2O3S3/c1-25(21,22)19-15(20)14(10-5-3-2-4-6-10)24-16-18-12-9-11(17)7-8-13(12)23-16/h2-9,14H,1H3,(H,19,20). The Labute approximate surface area is 158 Å². The van der Waals surface area contributed by atoms with Crippen LogP contribution in [0.2, 0.25) is 5.02 Å². The molecule has 0 saturated heterocycles. The molecule has 3 aromatic rings. The number of thioether (sulfide) groups is 1. The van der Waals surface area contributed by atoms with Gasteiger partial charge in [0.05, 0.1) is 16.5 Å². The maximum Gasteiger partial charge on any atom is 0.251 e. The van der Waals surface area contributed by atoms with Gasteiger partial charge in [-0.2, -0.15) is 0 Å². The van der Waals surface area contributed by atoms with E-state index in [1.165, 1.54) is 23.1 Å². The molecule has 1 aromatic heterocycles. The summed E-state index contributed by atoms with van der Waals surface area (Å²) in [6.07, 6.45) is 0.956. The molecule has 1 atom stereocenters. The summed E-state index contributed by atoms with van der Waals surface area (Å²) in [5, 5.41) is -0.143. The van der Waals surface area contributed by atoms with Crippen LogP contribution in [0.4, 0.5) is 0 Å². The first-order chi connectivity index (χ1) is 11.8. The number of benzene rings is 2. The number of halogens is 1. The number of carbonyl (C=O) groups excluding carboxylic acids is 1. The molecule has 130 valence electrons. The summed E-state index contributed by atoms with van der Waals surface area (Å²) < 4.78 is 26.5. The summed E-state index contributed by atoms with van der Waals surface area (Å²) in [5.74, 6) is -0.601. The molecule has 0 radical (unpaired) electrons. The maximum atomic E-state index is 12.5. The highest BCUT2D eigenvalue weighted by Crippen LogP contribution is 2.39. The normalized spacial score (nSPS) is 12.9. The summed E-state index contributed by atoms with van der Waals surface area (Å²) in [7, 11) is -3.65. The van der Waals surface area contributed by atoms with Gasteiger partial charge in [-0.1, -0.05) is 53.7 Å². The average molecular weight is 413 g/mol. The third kappa shape index (κ3) is 4.72. The molecule has 1 amide bonds. The summed E-state index contributed by atoms with van der Waals surface area (Å²) in [4.78, 5) is 17.0. The van der Waals surface area contributed by atoms with Crippen molar-refractivity contribution in [2.75, 3.05) is 6.26 Å². The zero-order valence-corrected chi connectivity index (χ0v) is 16.2. The molecule has 9 heteroatoms. The van der Waals surface area contributed by atoms with Crippen molar-refractivity contribution in [3.05, 3.63) is 59.1 Å². The second-order valence-corrected chi connectivity index (χ2v) is 9.81. The second-order valence-electron chi connectivity index (χ2n) is 5.24. The first kappa shape index (κ1) is 18.2. The van der Waals surface area contributed by atoms with Crippen LogP contribution >= 0.6 is 34.7 Å². The number of amides is 1. The van der Waals surface area contributed by atoms with Gasteiger partial charge in [0.1, 0.15) is 5.25 Å². The highest BCUT2D eigenvalue weighted by molar-refractivity contribution is 8.02. The summed E-state index contributed by atoms with van der Waals surface area (Å²) in [6.45, 7) is 0. The smallest absolute Gasteiger partial charge is 0.251 e. The number of hydrogen-bond donors (Lipinski definition) is 1. The first-order valence-corrected chi connectivity index (χ1v) is 11.1. The van der Waals surface area contributed by atoms with Gasteiger partial charge in [-0.05, 0) is 23.8 Å². The van der Waals surface area contributed by atoms with Gasteiger partial charge >= 0.3 is 0 Å². The van der Waals surface area contributed by atoms with Crippen molar-refractivity contribution in [2.24, 2.45) is 0 Å². The Morgan fingerprint density at radius 1 is 1.24 bits per heavy atom. The van der Waals surface area contributed by atoms with Gasteiger partial charge in [-0.15, -0.1) is 11.3 Å². The second kappa shape index (κ2) is 7.33. The van der Waals surface area contributed by atoms with Crippen LogP contribution in [0.15, 0.2) is 52.9 Å². The van der Waals surface area contributed by atoms with Crippen molar-refractivity contribution in [3.63, 3.8) is 0 Å². The zero-order valence-electron chi connectivity index (χ0n) is 13.0. The van der Waals surface area contributed by atoms with E-state index in [0.717, 1.165) is 16.5 Å². The minimum Gasteiger partial charge on any atom is -0.272 e. The number of thiazole rings is 1. The number of hydrogen-bond acceptors (Lipinski definition) is 6. The van der Waals surface area contributed by atoms with Gasteiger partial charge in [-0.3, -0.25) is 9.52 Å². The van der Waals surface area contributed by atoms with E-state index in [2.05, 4.69) is 4.98 Å². The molecule has 1 heterocycles. The monoisotopic (exact) mass is 412 g/mol. The van der Waals surface area contributed by atoms with Crippen molar-refractivity contribution in [2.45, 2.75) is 9.59 Å². The molecule has 3 rings (SSSR count). The van der Waals surface area contributed by atoms with E-state index in [1.807, 2.05) is 16.9 Å². The molecule has 25 heavy (non-hydrogen) atoms. The van der Waals surface area contributed by atoms with Crippen LogP contribution in [0.5, 0.6) is 0 Å². The largest absolute Gasteiger partial charge is 0.272 e. The van der Waals surface area contributed by atoms with Crippen LogP contribution in [-0.2, 0) is 14.8 Å². The molecule has 0 bridgehead atoms.